The minimum atomic E-state index is -4.11. The Morgan fingerprint density at radius 2 is 1.77 bits per heavy atom. The van der Waals surface area contributed by atoms with Crippen molar-refractivity contribution >= 4 is 44.5 Å². The lowest BCUT2D eigenvalue weighted by Gasteiger charge is -2.04. The van der Waals surface area contributed by atoms with Crippen molar-refractivity contribution in [2.45, 2.75) is 4.90 Å². The quantitative estimate of drug-likeness (QED) is 0.340. The van der Waals surface area contributed by atoms with Crippen molar-refractivity contribution in [3.8, 4) is 0 Å². The summed E-state index contributed by atoms with van der Waals surface area (Å²) in [6, 6.07) is 12.3. The molecule has 0 saturated heterocycles. The van der Waals surface area contributed by atoms with Crippen LogP contribution in [0.5, 0.6) is 0 Å². The van der Waals surface area contributed by atoms with Gasteiger partial charge in [0.2, 0.25) is 0 Å². The van der Waals surface area contributed by atoms with Gasteiger partial charge in [-0.1, -0.05) is 30.3 Å². The Balaban J connectivity index is 2.26. The molecule has 2 rings (SSSR count). The molecule has 22 heavy (non-hydrogen) atoms. The van der Waals surface area contributed by atoms with Crippen LogP contribution in [0.3, 0.4) is 0 Å². The fourth-order valence-corrected chi connectivity index (χ4v) is 3.12. The largest absolute Gasteiger partial charge is 0.289 e. The number of hydrazone groups is 1. The lowest BCUT2D eigenvalue weighted by atomic mass is 10.2. The molecule has 7 nitrogen and oxygen atoms in total. The van der Waals surface area contributed by atoms with Crippen molar-refractivity contribution in [1.82, 2.24) is 4.83 Å². The van der Waals surface area contributed by atoms with Crippen LogP contribution in [0, 0.1) is 13.7 Å². The zero-order valence-electron chi connectivity index (χ0n) is 11.0. The van der Waals surface area contributed by atoms with Crippen LogP contribution < -0.4 is 4.83 Å². The normalized spacial score (nSPS) is 11.5. The summed E-state index contributed by atoms with van der Waals surface area (Å²) in [6.07, 6.45) is 1.34. The van der Waals surface area contributed by atoms with Gasteiger partial charge < -0.3 is 0 Å². The second kappa shape index (κ2) is 6.83. The molecule has 0 spiro atoms. The van der Waals surface area contributed by atoms with Gasteiger partial charge in [-0.05, 0) is 34.7 Å². The fraction of sp³-hybridized carbons (Fsp3) is 0. The lowest BCUT2D eigenvalue weighted by Crippen LogP contribution is -2.19. The maximum absolute atomic E-state index is 12.1. The number of benzene rings is 2. The summed E-state index contributed by atoms with van der Waals surface area (Å²) in [7, 11) is -4.11. The molecule has 0 heterocycles. The van der Waals surface area contributed by atoms with Crippen LogP contribution in [-0.2, 0) is 10.0 Å². The van der Waals surface area contributed by atoms with Gasteiger partial charge in [-0.3, -0.25) is 10.1 Å². The molecule has 2 aromatic rings. The fourth-order valence-electron chi connectivity index (χ4n) is 1.63. The number of hydrogen-bond donors (Lipinski definition) is 1. The van der Waals surface area contributed by atoms with Gasteiger partial charge in [0.1, 0.15) is 0 Å². The second-order valence-corrected chi connectivity index (χ2v) is 6.89. The van der Waals surface area contributed by atoms with E-state index in [1.165, 1.54) is 18.3 Å². The number of nitrogens with one attached hydrogen (secondary N) is 1. The van der Waals surface area contributed by atoms with E-state index in [1.54, 1.807) is 12.1 Å². The smallest absolute Gasteiger partial charge is 0.258 e. The van der Waals surface area contributed by atoms with Gasteiger partial charge in [-0.25, -0.2) is 0 Å². The van der Waals surface area contributed by atoms with Crippen LogP contribution in [0.25, 0.3) is 0 Å². The maximum Gasteiger partial charge on any atom is 0.289 e. The zero-order chi connectivity index (χ0) is 16.2. The van der Waals surface area contributed by atoms with Crippen LogP contribution in [0.4, 0.5) is 5.69 Å². The number of hydrogen-bond acceptors (Lipinski definition) is 5. The third-order valence-electron chi connectivity index (χ3n) is 2.63. The summed E-state index contributed by atoms with van der Waals surface area (Å²) in [5, 5.41) is 14.5. The molecule has 0 saturated carbocycles. The number of sulfonamides is 1. The molecule has 0 aliphatic heterocycles. The highest BCUT2D eigenvalue weighted by atomic mass is 127. The van der Waals surface area contributed by atoms with Gasteiger partial charge in [-0.15, -0.1) is 0 Å². The van der Waals surface area contributed by atoms with Crippen molar-refractivity contribution in [3.63, 3.8) is 0 Å². The third kappa shape index (κ3) is 3.80. The summed E-state index contributed by atoms with van der Waals surface area (Å²) in [4.78, 5) is 11.7. The predicted octanol–water partition coefficient (Wildman–Crippen LogP) is 2.51. The molecular weight excluding hydrogens is 421 g/mol. The molecule has 0 aliphatic carbocycles. The Hall–Kier alpha value is -2.01. The summed E-state index contributed by atoms with van der Waals surface area (Å²) in [6.45, 7) is 0. The number of para-hydroxylation sites is 1. The van der Waals surface area contributed by atoms with Crippen molar-refractivity contribution in [1.29, 1.82) is 0 Å². The first-order valence-corrected chi connectivity index (χ1v) is 8.51. The molecular formula is C13H10IN3O4S. The van der Waals surface area contributed by atoms with E-state index in [0.29, 0.717) is 0 Å². The maximum atomic E-state index is 12.1. The van der Waals surface area contributed by atoms with E-state index < -0.39 is 25.5 Å². The Morgan fingerprint density at radius 1 is 1.14 bits per heavy atom. The van der Waals surface area contributed by atoms with E-state index in [0.717, 1.165) is 21.3 Å². The molecule has 0 amide bonds. The summed E-state index contributed by atoms with van der Waals surface area (Å²) in [5.41, 5.74) is 0.229. The minimum Gasteiger partial charge on any atom is -0.258 e. The summed E-state index contributed by atoms with van der Waals surface area (Å²) in [5.74, 6) is 0. The van der Waals surface area contributed by atoms with E-state index in [2.05, 4.69) is 27.7 Å². The molecule has 0 bridgehead atoms. The number of nitrogens with zero attached hydrogens (tertiary/aromatic N) is 2. The van der Waals surface area contributed by atoms with Crippen LogP contribution in [0.2, 0.25) is 0 Å². The Morgan fingerprint density at radius 3 is 2.45 bits per heavy atom. The predicted molar refractivity (Wildman–Crippen MR) is 90.2 cm³/mol. The highest BCUT2D eigenvalue weighted by Gasteiger charge is 2.24. The molecule has 0 radical (unpaired) electrons. The second-order valence-electron chi connectivity index (χ2n) is 4.10. The summed E-state index contributed by atoms with van der Waals surface area (Å²) >= 11 is 2.09. The number of rotatable bonds is 5. The average molecular weight is 431 g/mol. The molecule has 0 aliphatic rings. The first-order valence-electron chi connectivity index (χ1n) is 5.94. The van der Waals surface area contributed by atoms with Crippen molar-refractivity contribution in [3.05, 3.63) is 67.8 Å². The van der Waals surface area contributed by atoms with Gasteiger partial charge in [0, 0.05) is 15.2 Å². The SMILES string of the molecule is O=[N+]([O-])c1ccccc1S(=O)(=O)N/N=C/c1ccccc1I. The summed E-state index contributed by atoms with van der Waals surface area (Å²) < 4.78 is 25.1. The van der Waals surface area contributed by atoms with Crippen LogP contribution in [-0.4, -0.2) is 19.6 Å². The topological polar surface area (TPSA) is 102 Å². The van der Waals surface area contributed by atoms with E-state index in [1.807, 2.05) is 17.0 Å². The highest BCUT2D eigenvalue weighted by Crippen LogP contribution is 2.22. The van der Waals surface area contributed by atoms with Crippen LogP contribution in [0.1, 0.15) is 5.56 Å². The van der Waals surface area contributed by atoms with Gasteiger partial charge in [0.05, 0.1) is 11.1 Å². The van der Waals surface area contributed by atoms with E-state index >= 15 is 0 Å². The van der Waals surface area contributed by atoms with Crippen LogP contribution in [0.15, 0.2) is 58.5 Å². The number of halogens is 1. The Bertz CT molecular complexity index is 837. The molecule has 0 atom stereocenters. The van der Waals surface area contributed by atoms with Gasteiger partial charge >= 0.3 is 0 Å². The first-order chi connectivity index (χ1) is 10.4. The van der Waals surface area contributed by atoms with Gasteiger partial charge in [-0.2, -0.15) is 18.4 Å². The molecule has 0 aromatic heterocycles. The molecule has 1 N–H and O–H groups in total. The first kappa shape index (κ1) is 16.4. The van der Waals surface area contributed by atoms with Crippen LogP contribution >= 0.6 is 22.6 Å². The molecule has 114 valence electrons. The average Bonchev–Trinajstić information content (AvgIpc) is 2.49. The number of nitro groups is 1. The van der Waals surface area contributed by atoms with Gasteiger partial charge in [0.25, 0.3) is 15.7 Å². The Kier molecular flexibility index (Phi) is 5.08. The number of nitro benzene ring substituents is 1. The van der Waals surface area contributed by atoms with Crippen molar-refractivity contribution in [2.75, 3.05) is 0 Å². The highest BCUT2D eigenvalue weighted by molar-refractivity contribution is 14.1. The standard InChI is InChI=1S/C13H10IN3O4S/c14-11-6-2-1-5-10(11)9-15-16-22(20,21)13-8-4-3-7-12(13)17(18)19/h1-9,16H/b15-9+. The van der Waals surface area contributed by atoms with E-state index in [9.17, 15) is 18.5 Å². The molecule has 9 heteroatoms. The molecule has 2 aromatic carbocycles. The third-order valence-corrected chi connectivity index (χ3v) is 4.89. The monoisotopic (exact) mass is 431 g/mol. The molecule has 0 fully saturated rings. The van der Waals surface area contributed by atoms with Crippen molar-refractivity contribution < 1.29 is 13.3 Å². The van der Waals surface area contributed by atoms with Crippen molar-refractivity contribution in [2.24, 2.45) is 5.10 Å². The van der Waals surface area contributed by atoms with E-state index in [-0.39, 0.29) is 0 Å². The Labute approximate surface area is 140 Å². The van der Waals surface area contributed by atoms with Gasteiger partial charge in [0.15, 0.2) is 4.90 Å². The molecule has 0 unspecified atom stereocenters. The lowest BCUT2D eigenvalue weighted by molar-refractivity contribution is -0.387. The zero-order valence-corrected chi connectivity index (χ0v) is 14.0. The minimum absolute atomic E-state index is 0.431. The van der Waals surface area contributed by atoms with E-state index in [4.69, 9.17) is 0 Å².